The van der Waals surface area contributed by atoms with Crippen LogP contribution in [0.15, 0.2) is 18.2 Å². The molecule has 0 aromatic carbocycles. The molecule has 0 saturated heterocycles. The van der Waals surface area contributed by atoms with E-state index in [4.69, 9.17) is 17.3 Å². The van der Waals surface area contributed by atoms with Crippen molar-refractivity contribution in [1.29, 1.82) is 0 Å². The average Bonchev–Trinajstić information content (AvgIpc) is 2.29. The molecular formula is C12H16ClN3O. The second-order valence-corrected chi connectivity index (χ2v) is 4.85. The molecule has 1 amide bonds. The number of hydrogen-bond donors (Lipinski definition) is 2. The van der Waals surface area contributed by atoms with Crippen LogP contribution in [-0.4, -0.2) is 16.9 Å². The van der Waals surface area contributed by atoms with E-state index in [1.54, 1.807) is 18.2 Å². The van der Waals surface area contributed by atoms with Crippen molar-refractivity contribution in [2.45, 2.75) is 31.7 Å². The summed E-state index contributed by atoms with van der Waals surface area (Å²) in [5, 5.41) is 3.16. The molecule has 17 heavy (non-hydrogen) atoms. The number of nitrogens with zero attached hydrogens (tertiary/aromatic N) is 1. The van der Waals surface area contributed by atoms with Crippen molar-refractivity contribution in [1.82, 2.24) is 4.98 Å². The lowest BCUT2D eigenvalue weighted by Crippen LogP contribution is -2.34. The van der Waals surface area contributed by atoms with Crippen LogP contribution >= 0.6 is 11.6 Å². The van der Waals surface area contributed by atoms with Crippen LogP contribution in [0.4, 0.5) is 5.82 Å². The number of carbonyl (C=O) groups is 1. The van der Waals surface area contributed by atoms with E-state index in [9.17, 15) is 4.79 Å². The van der Waals surface area contributed by atoms with Crippen LogP contribution in [-0.2, 0) is 4.79 Å². The van der Waals surface area contributed by atoms with Crippen molar-refractivity contribution in [3.63, 3.8) is 0 Å². The summed E-state index contributed by atoms with van der Waals surface area (Å²) in [7, 11) is 0. The molecule has 1 aromatic rings. The quantitative estimate of drug-likeness (QED) is 0.794. The summed E-state index contributed by atoms with van der Waals surface area (Å²) >= 11 is 5.75. The van der Waals surface area contributed by atoms with Gasteiger partial charge in [0.2, 0.25) is 5.91 Å². The maximum atomic E-state index is 12.0. The van der Waals surface area contributed by atoms with Gasteiger partial charge in [0.1, 0.15) is 11.0 Å². The Morgan fingerprint density at radius 1 is 1.47 bits per heavy atom. The predicted octanol–water partition coefficient (Wildman–Crippen LogP) is 2.19. The summed E-state index contributed by atoms with van der Waals surface area (Å²) in [4.78, 5) is 16.0. The third kappa shape index (κ3) is 3.41. The molecule has 2 unspecified atom stereocenters. The molecule has 1 saturated carbocycles. The molecule has 1 heterocycles. The van der Waals surface area contributed by atoms with Gasteiger partial charge in [-0.2, -0.15) is 0 Å². The van der Waals surface area contributed by atoms with E-state index in [2.05, 4.69) is 10.3 Å². The second-order valence-electron chi connectivity index (χ2n) is 4.46. The first-order chi connectivity index (χ1) is 8.15. The highest BCUT2D eigenvalue weighted by Gasteiger charge is 2.25. The molecule has 5 heteroatoms. The molecule has 1 fully saturated rings. The lowest BCUT2D eigenvalue weighted by atomic mass is 9.85. The van der Waals surface area contributed by atoms with Crippen LogP contribution in [0.25, 0.3) is 0 Å². The van der Waals surface area contributed by atoms with Gasteiger partial charge in [-0.3, -0.25) is 4.79 Å². The first-order valence-corrected chi connectivity index (χ1v) is 6.22. The third-order valence-electron chi connectivity index (χ3n) is 3.05. The third-order valence-corrected chi connectivity index (χ3v) is 3.26. The SMILES string of the molecule is NC1CCCC(C(=O)Nc2cccc(Cl)n2)C1. The summed E-state index contributed by atoms with van der Waals surface area (Å²) in [6, 6.07) is 5.31. The Hall–Kier alpha value is -1.13. The Morgan fingerprint density at radius 3 is 3.00 bits per heavy atom. The molecule has 92 valence electrons. The highest BCUT2D eigenvalue weighted by molar-refractivity contribution is 6.29. The van der Waals surface area contributed by atoms with Gasteiger partial charge in [-0.15, -0.1) is 0 Å². The van der Waals surface area contributed by atoms with Crippen LogP contribution in [0.3, 0.4) is 0 Å². The number of nitrogens with two attached hydrogens (primary N) is 1. The zero-order valence-corrected chi connectivity index (χ0v) is 10.3. The van der Waals surface area contributed by atoms with Crippen molar-refractivity contribution in [2.24, 2.45) is 11.7 Å². The summed E-state index contributed by atoms with van der Waals surface area (Å²) in [5.74, 6) is 0.496. The van der Waals surface area contributed by atoms with Gasteiger partial charge in [-0.25, -0.2) is 4.98 Å². The molecule has 0 aliphatic heterocycles. The minimum Gasteiger partial charge on any atom is -0.328 e. The van der Waals surface area contributed by atoms with Crippen LogP contribution in [0.5, 0.6) is 0 Å². The number of halogens is 1. The van der Waals surface area contributed by atoms with Crippen molar-refractivity contribution in [3.05, 3.63) is 23.4 Å². The number of amides is 1. The molecular weight excluding hydrogens is 238 g/mol. The molecule has 4 nitrogen and oxygen atoms in total. The molecule has 1 aliphatic rings. The Labute approximate surface area is 106 Å². The van der Waals surface area contributed by atoms with Crippen molar-refractivity contribution in [2.75, 3.05) is 5.32 Å². The van der Waals surface area contributed by atoms with Crippen LogP contribution in [0.2, 0.25) is 5.15 Å². The van der Waals surface area contributed by atoms with E-state index in [0.29, 0.717) is 11.0 Å². The average molecular weight is 254 g/mol. The zero-order chi connectivity index (χ0) is 12.3. The monoisotopic (exact) mass is 253 g/mol. The van der Waals surface area contributed by atoms with E-state index in [-0.39, 0.29) is 17.9 Å². The highest BCUT2D eigenvalue weighted by atomic mass is 35.5. The zero-order valence-electron chi connectivity index (χ0n) is 9.53. The number of carbonyl (C=O) groups excluding carboxylic acids is 1. The van der Waals surface area contributed by atoms with Gasteiger partial charge in [-0.05, 0) is 31.4 Å². The maximum Gasteiger partial charge on any atom is 0.228 e. The van der Waals surface area contributed by atoms with Gasteiger partial charge >= 0.3 is 0 Å². The fourth-order valence-corrected chi connectivity index (χ4v) is 2.34. The topological polar surface area (TPSA) is 68.0 Å². The smallest absolute Gasteiger partial charge is 0.228 e. The van der Waals surface area contributed by atoms with Crippen molar-refractivity contribution in [3.8, 4) is 0 Å². The van der Waals surface area contributed by atoms with Gasteiger partial charge in [0.15, 0.2) is 0 Å². The largest absolute Gasteiger partial charge is 0.328 e. The molecule has 2 rings (SSSR count). The van der Waals surface area contributed by atoms with E-state index in [1.165, 1.54) is 0 Å². The molecule has 1 aromatic heterocycles. The van der Waals surface area contributed by atoms with E-state index in [0.717, 1.165) is 25.7 Å². The van der Waals surface area contributed by atoms with Crippen molar-refractivity contribution < 1.29 is 4.79 Å². The molecule has 2 atom stereocenters. The number of aromatic nitrogens is 1. The lowest BCUT2D eigenvalue weighted by Gasteiger charge is -2.25. The molecule has 0 radical (unpaired) electrons. The number of rotatable bonds is 2. The first-order valence-electron chi connectivity index (χ1n) is 5.84. The lowest BCUT2D eigenvalue weighted by molar-refractivity contribution is -0.120. The predicted molar refractivity (Wildman–Crippen MR) is 67.8 cm³/mol. The van der Waals surface area contributed by atoms with Gasteiger partial charge in [0, 0.05) is 12.0 Å². The van der Waals surface area contributed by atoms with Crippen LogP contribution < -0.4 is 11.1 Å². The van der Waals surface area contributed by atoms with Gasteiger partial charge in [-0.1, -0.05) is 24.1 Å². The molecule has 3 N–H and O–H groups in total. The minimum absolute atomic E-state index is 0.000434. The highest BCUT2D eigenvalue weighted by Crippen LogP contribution is 2.24. The Kier molecular flexibility index (Phi) is 3.97. The standard InChI is InChI=1S/C12H16ClN3O/c13-10-5-2-6-11(15-10)16-12(17)8-3-1-4-9(14)7-8/h2,5-6,8-9H,1,3-4,7,14H2,(H,15,16,17). The number of anilines is 1. The van der Waals surface area contributed by atoms with Crippen LogP contribution in [0.1, 0.15) is 25.7 Å². The van der Waals surface area contributed by atoms with E-state index >= 15 is 0 Å². The summed E-state index contributed by atoms with van der Waals surface area (Å²) in [5.41, 5.74) is 5.86. The van der Waals surface area contributed by atoms with E-state index < -0.39 is 0 Å². The number of nitrogens with one attached hydrogen (secondary N) is 1. The number of pyridine rings is 1. The maximum absolute atomic E-state index is 12.0. The summed E-state index contributed by atoms with van der Waals surface area (Å²) < 4.78 is 0. The Morgan fingerprint density at radius 2 is 2.29 bits per heavy atom. The van der Waals surface area contributed by atoms with Gasteiger partial charge in [0.05, 0.1) is 0 Å². The fourth-order valence-electron chi connectivity index (χ4n) is 2.17. The molecule has 1 aliphatic carbocycles. The van der Waals surface area contributed by atoms with E-state index in [1.807, 2.05) is 0 Å². The minimum atomic E-state index is -0.00471. The first kappa shape index (κ1) is 12.3. The van der Waals surface area contributed by atoms with Crippen molar-refractivity contribution >= 4 is 23.3 Å². The normalized spacial score (nSPS) is 24.4. The number of hydrogen-bond acceptors (Lipinski definition) is 3. The van der Waals surface area contributed by atoms with Gasteiger partial charge in [0.25, 0.3) is 0 Å². The van der Waals surface area contributed by atoms with Gasteiger partial charge < -0.3 is 11.1 Å². The fraction of sp³-hybridized carbons (Fsp3) is 0.500. The molecule has 0 spiro atoms. The Bertz CT molecular complexity index is 410. The summed E-state index contributed by atoms with van der Waals surface area (Å²) in [6.45, 7) is 0. The second kappa shape index (κ2) is 5.47. The molecule has 0 bridgehead atoms. The van der Waals surface area contributed by atoms with Crippen LogP contribution in [0, 0.1) is 5.92 Å². The summed E-state index contributed by atoms with van der Waals surface area (Å²) in [6.07, 6.45) is 3.69. The Balaban J connectivity index is 1.96.